The van der Waals surface area contributed by atoms with Gasteiger partial charge in [-0.1, -0.05) is 54.3 Å². The number of rotatable bonds is 4. The van der Waals surface area contributed by atoms with E-state index in [2.05, 4.69) is 11.8 Å². The van der Waals surface area contributed by atoms with Gasteiger partial charge in [-0.3, -0.25) is 0 Å². The van der Waals surface area contributed by atoms with E-state index in [0.29, 0.717) is 6.61 Å². The predicted molar refractivity (Wildman–Crippen MR) is 96.2 cm³/mol. The summed E-state index contributed by atoms with van der Waals surface area (Å²) in [6.45, 7) is 0.530. The highest BCUT2D eigenvalue weighted by atomic mass is 16.5. The molecule has 0 atom stereocenters. The van der Waals surface area contributed by atoms with Gasteiger partial charge in [0, 0.05) is 5.56 Å². The molecule has 0 bridgehead atoms. The first-order valence-corrected chi connectivity index (χ1v) is 7.77. The summed E-state index contributed by atoms with van der Waals surface area (Å²) in [7, 11) is 1.65. The van der Waals surface area contributed by atoms with Gasteiger partial charge in [0.2, 0.25) is 0 Å². The van der Waals surface area contributed by atoms with E-state index in [-0.39, 0.29) is 0 Å². The molecule has 3 aromatic carbocycles. The van der Waals surface area contributed by atoms with Gasteiger partial charge in [-0.25, -0.2) is 0 Å². The fourth-order valence-corrected chi connectivity index (χ4v) is 2.24. The molecule has 0 aliphatic carbocycles. The highest BCUT2D eigenvalue weighted by Crippen LogP contribution is 2.19. The summed E-state index contributed by atoms with van der Waals surface area (Å²) in [6, 6.07) is 25.6. The van der Waals surface area contributed by atoms with Crippen molar-refractivity contribution >= 4 is 0 Å². The molecule has 3 aromatic rings. The molecule has 0 heterocycles. The maximum absolute atomic E-state index is 5.93. The zero-order valence-corrected chi connectivity index (χ0v) is 13.5. The number of methoxy groups -OCH3 is 1. The number of hydrogen-bond acceptors (Lipinski definition) is 2. The zero-order chi connectivity index (χ0) is 16.6. The monoisotopic (exact) mass is 314 g/mol. The Morgan fingerprint density at radius 3 is 2.21 bits per heavy atom. The summed E-state index contributed by atoms with van der Waals surface area (Å²) in [5.41, 5.74) is 2.95. The van der Waals surface area contributed by atoms with Crippen LogP contribution in [0, 0.1) is 11.8 Å². The Labute approximate surface area is 142 Å². The average molecular weight is 314 g/mol. The summed E-state index contributed by atoms with van der Waals surface area (Å²) in [6.07, 6.45) is 0. The van der Waals surface area contributed by atoms with E-state index in [1.54, 1.807) is 7.11 Å². The Balaban J connectivity index is 1.75. The number of hydrogen-bond donors (Lipinski definition) is 0. The molecular weight excluding hydrogens is 296 g/mol. The third kappa shape index (κ3) is 4.18. The molecule has 24 heavy (non-hydrogen) atoms. The third-order valence-electron chi connectivity index (χ3n) is 3.56. The van der Waals surface area contributed by atoms with Crippen molar-refractivity contribution in [2.75, 3.05) is 7.11 Å². The molecule has 0 saturated carbocycles. The van der Waals surface area contributed by atoms with Crippen LogP contribution in [0.25, 0.3) is 0 Å². The van der Waals surface area contributed by atoms with Gasteiger partial charge in [-0.2, -0.15) is 0 Å². The quantitative estimate of drug-likeness (QED) is 0.651. The largest absolute Gasteiger partial charge is 0.497 e. The van der Waals surface area contributed by atoms with Crippen LogP contribution >= 0.6 is 0 Å². The Kier molecular flexibility index (Phi) is 5.17. The molecule has 3 rings (SSSR count). The molecule has 2 heteroatoms. The van der Waals surface area contributed by atoms with Crippen LogP contribution in [-0.4, -0.2) is 7.11 Å². The van der Waals surface area contributed by atoms with Crippen LogP contribution in [0.1, 0.15) is 16.7 Å². The van der Waals surface area contributed by atoms with Crippen LogP contribution < -0.4 is 9.47 Å². The normalized spacial score (nSPS) is 9.71. The molecule has 0 N–H and O–H groups in total. The highest BCUT2D eigenvalue weighted by Gasteiger charge is 2.01. The van der Waals surface area contributed by atoms with Gasteiger partial charge in [0.25, 0.3) is 0 Å². The summed E-state index contributed by atoms with van der Waals surface area (Å²) < 4.78 is 11.1. The Morgan fingerprint density at radius 1 is 0.750 bits per heavy atom. The molecule has 0 fully saturated rings. The molecule has 0 aliphatic rings. The minimum absolute atomic E-state index is 0.530. The Bertz CT molecular complexity index is 840. The lowest BCUT2D eigenvalue weighted by Gasteiger charge is -2.08. The van der Waals surface area contributed by atoms with Crippen molar-refractivity contribution in [3.05, 3.63) is 95.6 Å². The van der Waals surface area contributed by atoms with Crippen molar-refractivity contribution < 1.29 is 9.47 Å². The maximum Gasteiger partial charge on any atom is 0.135 e. The molecule has 0 amide bonds. The van der Waals surface area contributed by atoms with Crippen molar-refractivity contribution in [1.82, 2.24) is 0 Å². The standard InChI is InChI=1S/C22H18O2/c1-23-21-15-12-18(13-16-21)11-14-20-9-5-6-10-22(20)24-17-19-7-3-2-4-8-19/h2-10,12-13,15-16H,17H2,1H3. The van der Waals surface area contributed by atoms with E-state index in [1.165, 1.54) is 0 Å². The molecule has 0 aliphatic heterocycles. The van der Waals surface area contributed by atoms with Crippen LogP contribution in [0.2, 0.25) is 0 Å². The van der Waals surface area contributed by atoms with Crippen molar-refractivity contribution in [2.45, 2.75) is 6.61 Å². The van der Waals surface area contributed by atoms with E-state index in [1.807, 2.05) is 78.9 Å². The van der Waals surface area contributed by atoms with Gasteiger partial charge in [0.05, 0.1) is 12.7 Å². The second-order valence-electron chi connectivity index (χ2n) is 5.25. The fourth-order valence-electron chi connectivity index (χ4n) is 2.24. The van der Waals surface area contributed by atoms with Gasteiger partial charge in [-0.05, 0) is 42.0 Å². The molecule has 0 unspecified atom stereocenters. The second kappa shape index (κ2) is 7.89. The lowest BCUT2D eigenvalue weighted by Crippen LogP contribution is -1.96. The van der Waals surface area contributed by atoms with Crippen LogP contribution in [0.4, 0.5) is 0 Å². The molecule has 118 valence electrons. The van der Waals surface area contributed by atoms with Crippen molar-refractivity contribution in [3.63, 3.8) is 0 Å². The summed E-state index contributed by atoms with van der Waals surface area (Å²) in [4.78, 5) is 0. The molecular formula is C22H18O2. The molecule has 0 saturated heterocycles. The molecule has 0 aromatic heterocycles. The van der Waals surface area contributed by atoms with E-state index in [9.17, 15) is 0 Å². The van der Waals surface area contributed by atoms with E-state index < -0.39 is 0 Å². The average Bonchev–Trinajstić information content (AvgIpc) is 2.66. The fraction of sp³-hybridized carbons (Fsp3) is 0.0909. The summed E-state index contributed by atoms with van der Waals surface area (Å²) in [5, 5.41) is 0. The molecule has 2 nitrogen and oxygen atoms in total. The van der Waals surface area contributed by atoms with Crippen molar-refractivity contribution in [2.24, 2.45) is 0 Å². The van der Waals surface area contributed by atoms with Crippen LogP contribution in [0.3, 0.4) is 0 Å². The van der Waals surface area contributed by atoms with Gasteiger partial charge in [-0.15, -0.1) is 0 Å². The first kappa shape index (κ1) is 15.7. The van der Waals surface area contributed by atoms with Crippen LogP contribution in [0.5, 0.6) is 11.5 Å². The number of para-hydroxylation sites is 1. The van der Waals surface area contributed by atoms with Crippen LogP contribution in [-0.2, 0) is 6.61 Å². The molecule has 0 radical (unpaired) electrons. The molecule has 0 spiro atoms. The summed E-state index contributed by atoms with van der Waals surface area (Å²) in [5.74, 6) is 7.97. The number of ether oxygens (including phenoxy) is 2. The first-order valence-electron chi connectivity index (χ1n) is 7.77. The Hall–Kier alpha value is -3.18. The lowest BCUT2D eigenvalue weighted by molar-refractivity contribution is 0.305. The predicted octanol–water partition coefficient (Wildman–Crippen LogP) is 4.67. The van der Waals surface area contributed by atoms with Gasteiger partial charge in [0.1, 0.15) is 18.1 Å². The topological polar surface area (TPSA) is 18.5 Å². The van der Waals surface area contributed by atoms with E-state index in [0.717, 1.165) is 28.2 Å². The van der Waals surface area contributed by atoms with Crippen molar-refractivity contribution in [3.8, 4) is 23.3 Å². The van der Waals surface area contributed by atoms with E-state index >= 15 is 0 Å². The van der Waals surface area contributed by atoms with Gasteiger partial charge in [0.15, 0.2) is 0 Å². The SMILES string of the molecule is COc1ccc(C#Cc2ccccc2OCc2ccccc2)cc1. The second-order valence-corrected chi connectivity index (χ2v) is 5.25. The minimum atomic E-state index is 0.530. The minimum Gasteiger partial charge on any atom is -0.497 e. The van der Waals surface area contributed by atoms with Gasteiger partial charge >= 0.3 is 0 Å². The number of benzene rings is 3. The third-order valence-corrected chi connectivity index (χ3v) is 3.56. The van der Waals surface area contributed by atoms with E-state index in [4.69, 9.17) is 9.47 Å². The van der Waals surface area contributed by atoms with Crippen molar-refractivity contribution in [1.29, 1.82) is 0 Å². The smallest absolute Gasteiger partial charge is 0.135 e. The first-order chi connectivity index (χ1) is 11.8. The van der Waals surface area contributed by atoms with Crippen LogP contribution in [0.15, 0.2) is 78.9 Å². The zero-order valence-electron chi connectivity index (χ0n) is 13.5. The highest BCUT2D eigenvalue weighted by molar-refractivity contribution is 5.50. The Morgan fingerprint density at radius 2 is 1.46 bits per heavy atom. The lowest BCUT2D eigenvalue weighted by atomic mass is 10.1. The van der Waals surface area contributed by atoms with Gasteiger partial charge < -0.3 is 9.47 Å². The summed E-state index contributed by atoms with van der Waals surface area (Å²) >= 11 is 0. The maximum atomic E-state index is 5.93.